The van der Waals surface area contributed by atoms with Gasteiger partial charge in [0.1, 0.15) is 12.4 Å². The van der Waals surface area contributed by atoms with E-state index in [1.807, 2.05) is 24.3 Å². The van der Waals surface area contributed by atoms with Crippen molar-refractivity contribution in [1.82, 2.24) is 0 Å². The molecule has 5 nitrogen and oxygen atoms in total. The fourth-order valence-corrected chi connectivity index (χ4v) is 2.03. The van der Waals surface area contributed by atoms with E-state index in [4.69, 9.17) is 10.5 Å². The molecule has 0 bridgehead atoms. The lowest BCUT2D eigenvalue weighted by atomic mass is 10.1. The van der Waals surface area contributed by atoms with Gasteiger partial charge in [-0.1, -0.05) is 25.5 Å². The van der Waals surface area contributed by atoms with Crippen LogP contribution in [0.4, 0.5) is 11.4 Å². The third kappa shape index (κ3) is 3.95. The summed E-state index contributed by atoms with van der Waals surface area (Å²) in [6, 6.07) is 12.2. The Morgan fingerprint density at radius 1 is 1.19 bits per heavy atom. The largest absolute Gasteiger partial charge is 0.489 e. The van der Waals surface area contributed by atoms with Gasteiger partial charge in [0.15, 0.2) is 0 Å². The van der Waals surface area contributed by atoms with E-state index in [9.17, 15) is 10.1 Å². The van der Waals surface area contributed by atoms with Gasteiger partial charge in [-0.05, 0) is 30.2 Å². The summed E-state index contributed by atoms with van der Waals surface area (Å²) in [7, 11) is 0. The fraction of sp³-hybridized carbons (Fsp3) is 0.250. The number of nitrogens with zero attached hydrogens (tertiary/aromatic N) is 1. The minimum Gasteiger partial charge on any atom is -0.489 e. The topological polar surface area (TPSA) is 78.4 Å². The number of non-ortho nitro benzene ring substituents is 1. The first-order chi connectivity index (χ1) is 10.1. The van der Waals surface area contributed by atoms with Crippen LogP contribution in [-0.4, -0.2) is 4.92 Å². The van der Waals surface area contributed by atoms with Gasteiger partial charge < -0.3 is 10.5 Å². The Kier molecular flexibility index (Phi) is 4.77. The Morgan fingerprint density at radius 2 is 1.90 bits per heavy atom. The van der Waals surface area contributed by atoms with Crippen LogP contribution < -0.4 is 10.5 Å². The first-order valence-electron chi connectivity index (χ1n) is 6.84. The first-order valence-corrected chi connectivity index (χ1v) is 6.84. The van der Waals surface area contributed by atoms with Crippen molar-refractivity contribution >= 4 is 11.4 Å². The van der Waals surface area contributed by atoms with E-state index >= 15 is 0 Å². The van der Waals surface area contributed by atoms with Crippen LogP contribution in [0.3, 0.4) is 0 Å². The van der Waals surface area contributed by atoms with Gasteiger partial charge in [-0.25, -0.2) is 0 Å². The number of nitrogens with two attached hydrogens (primary N) is 1. The van der Waals surface area contributed by atoms with Crippen LogP contribution in [0.5, 0.6) is 5.75 Å². The van der Waals surface area contributed by atoms with Crippen molar-refractivity contribution < 1.29 is 9.66 Å². The van der Waals surface area contributed by atoms with E-state index < -0.39 is 4.92 Å². The molecule has 0 saturated heterocycles. The number of ether oxygens (including phenoxy) is 1. The number of nitro groups is 1. The number of rotatable bonds is 6. The zero-order valence-corrected chi connectivity index (χ0v) is 11.9. The number of aryl methyl sites for hydroxylation is 1. The molecule has 0 aromatic heterocycles. The summed E-state index contributed by atoms with van der Waals surface area (Å²) in [6.07, 6.45) is 2.14. The van der Waals surface area contributed by atoms with E-state index in [1.54, 1.807) is 0 Å². The maximum atomic E-state index is 10.8. The average molecular weight is 286 g/mol. The van der Waals surface area contributed by atoms with Crippen molar-refractivity contribution in [2.45, 2.75) is 26.4 Å². The summed E-state index contributed by atoms with van der Waals surface area (Å²) in [5.41, 5.74) is 8.20. The summed E-state index contributed by atoms with van der Waals surface area (Å²) in [4.78, 5) is 10.3. The quantitative estimate of drug-likeness (QED) is 0.499. The van der Waals surface area contributed by atoms with Gasteiger partial charge in [0.25, 0.3) is 5.69 Å². The van der Waals surface area contributed by atoms with Crippen molar-refractivity contribution in [3.8, 4) is 5.75 Å². The number of hydrogen-bond acceptors (Lipinski definition) is 4. The zero-order valence-electron chi connectivity index (χ0n) is 11.9. The Balaban J connectivity index is 2.05. The molecule has 0 saturated carbocycles. The van der Waals surface area contributed by atoms with E-state index in [0.29, 0.717) is 11.3 Å². The monoisotopic (exact) mass is 286 g/mol. The Hall–Kier alpha value is -2.56. The Bertz CT molecular complexity index is 624. The van der Waals surface area contributed by atoms with E-state index in [2.05, 4.69) is 6.92 Å². The molecular formula is C16H18N2O3. The Morgan fingerprint density at radius 3 is 2.52 bits per heavy atom. The number of nitro benzene ring substituents is 1. The van der Waals surface area contributed by atoms with Crippen molar-refractivity contribution in [3.63, 3.8) is 0 Å². The van der Waals surface area contributed by atoms with Crippen molar-refractivity contribution in [2.75, 3.05) is 5.73 Å². The fourth-order valence-electron chi connectivity index (χ4n) is 2.03. The number of anilines is 1. The van der Waals surface area contributed by atoms with Crippen molar-refractivity contribution in [2.24, 2.45) is 0 Å². The van der Waals surface area contributed by atoms with Crippen molar-refractivity contribution in [1.29, 1.82) is 0 Å². The average Bonchev–Trinajstić information content (AvgIpc) is 2.48. The first kappa shape index (κ1) is 14.8. The van der Waals surface area contributed by atoms with Gasteiger partial charge in [-0.2, -0.15) is 0 Å². The van der Waals surface area contributed by atoms with Crippen LogP contribution in [0.1, 0.15) is 24.5 Å². The Labute approximate surface area is 123 Å². The predicted octanol–water partition coefficient (Wildman–Crippen LogP) is 3.71. The summed E-state index contributed by atoms with van der Waals surface area (Å²) in [5, 5.41) is 10.8. The highest BCUT2D eigenvalue weighted by atomic mass is 16.6. The molecule has 2 aromatic carbocycles. The van der Waals surface area contributed by atoms with Gasteiger partial charge >= 0.3 is 0 Å². The molecule has 0 unspecified atom stereocenters. The molecule has 0 aliphatic heterocycles. The molecule has 0 heterocycles. The van der Waals surface area contributed by atoms with Gasteiger partial charge in [-0.15, -0.1) is 0 Å². The smallest absolute Gasteiger partial charge is 0.269 e. The summed E-state index contributed by atoms with van der Waals surface area (Å²) < 4.78 is 5.64. The molecule has 0 spiro atoms. The zero-order chi connectivity index (χ0) is 15.2. The second kappa shape index (κ2) is 6.74. The third-order valence-corrected chi connectivity index (χ3v) is 3.19. The van der Waals surface area contributed by atoms with Crippen LogP contribution in [-0.2, 0) is 13.0 Å². The van der Waals surface area contributed by atoms with Gasteiger partial charge in [0, 0.05) is 23.4 Å². The molecule has 2 rings (SSSR count). The summed E-state index contributed by atoms with van der Waals surface area (Å²) >= 11 is 0. The van der Waals surface area contributed by atoms with Crippen LogP contribution in [0.25, 0.3) is 0 Å². The van der Waals surface area contributed by atoms with Crippen LogP contribution in [0, 0.1) is 10.1 Å². The lowest BCUT2D eigenvalue weighted by molar-refractivity contribution is -0.384. The standard InChI is InChI=1S/C16H18N2O3/c1-2-3-12-4-7-15(8-5-12)21-11-13-10-14(18(19)20)6-9-16(13)17/h4-10H,2-3,11,17H2,1H3. The molecule has 2 aromatic rings. The second-order valence-corrected chi connectivity index (χ2v) is 4.82. The normalized spacial score (nSPS) is 10.3. The maximum Gasteiger partial charge on any atom is 0.269 e. The third-order valence-electron chi connectivity index (χ3n) is 3.19. The minimum absolute atomic E-state index is 0.0149. The van der Waals surface area contributed by atoms with Crippen molar-refractivity contribution in [3.05, 3.63) is 63.7 Å². The predicted molar refractivity (Wildman–Crippen MR) is 82.3 cm³/mol. The summed E-state index contributed by atoms with van der Waals surface area (Å²) in [6.45, 7) is 2.34. The van der Waals surface area contributed by atoms with E-state index in [-0.39, 0.29) is 12.3 Å². The molecule has 0 fully saturated rings. The van der Waals surface area contributed by atoms with Gasteiger partial charge in [0.2, 0.25) is 0 Å². The maximum absolute atomic E-state index is 10.8. The molecule has 2 N–H and O–H groups in total. The van der Waals surface area contributed by atoms with Gasteiger partial charge in [0.05, 0.1) is 4.92 Å². The number of nitrogen functional groups attached to an aromatic ring is 1. The lowest BCUT2D eigenvalue weighted by Crippen LogP contribution is -2.01. The van der Waals surface area contributed by atoms with Crippen LogP contribution in [0.2, 0.25) is 0 Å². The SMILES string of the molecule is CCCc1ccc(OCc2cc([N+](=O)[O-])ccc2N)cc1. The van der Waals surface area contributed by atoms with Crippen LogP contribution >= 0.6 is 0 Å². The highest BCUT2D eigenvalue weighted by Gasteiger charge is 2.09. The van der Waals surface area contributed by atoms with Crippen LogP contribution in [0.15, 0.2) is 42.5 Å². The molecule has 0 aliphatic rings. The molecule has 21 heavy (non-hydrogen) atoms. The van der Waals surface area contributed by atoms with Gasteiger partial charge in [-0.3, -0.25) is 10.1 Å². The minimum atomic E-state index is -0.442. The molecule has 0 aliphatic carbocycles. The van der Waals surface area contributed by atoms with E-state index in [0.717, 1.165) is 18.6 Å². The molecule has 110 valence electrons. The molecular weight excluding hydrogens is 268 g/mol. The summed E-state index contributed by atoms with van der Waals surface area (Å²) in [5.74, 6) is 0.723. The molecule has 0 amide bonds. The molecule has 0 atom stereocenters. The molecule has 5 heteroatoms. The van der Waals surface area contributed by atoms with E-state index in [1.165, 1.54) is 23.8 Å². The number of benzene rings is 2. The second-order valence-electron chi connectivity index (χ2n) is 4.82. The number of hydrogen-bond donors (Lipinski definition) is 1. The molecule has 0 radical (unpaired) electrons. The lowest BCUT2D eigenvalue weighted by Gasteiger charge is -2.09. The highest BCUT2D eigenvalue weighted by Crippen LogP contribution is 2.22. The highest BCUT2D eigenvalue weighted by molar-refractivity contribution is 5.52.